The van der Waals surface area contributed by atoms with Crippen LogP contribution in [0.25, 0.3) is 9.88 Å². The molecule has 0 aliphatic rings. The fourth-order valence-corrected chi connectivity index (χ4v) is 3.61. The van der Waals surface area contributed by atoms with Gasteiger partial charge in [-0.3, -0.25) is 4.79 Å². The molecule has 6 heteroatoms. The van der Waals surface area contributed by atoms with Gasteiger partial charge in [0.1, 0.15) is 10.7 Å². The lowest BCUT2D eigenvalue weighted by Crippen LogP contribution is -2.12. The molecule has 0 saturated heterocycles. The number of rotatable bonds is 5. The van der Waals surface area contributed by atoms with Gasteiger partial charge in [0.2, 0.25) is 0 Å². The van der Waals surface area contributed by atoms with Crippen LogP contribution in [0.3, 0.4) is 0 Å². The average Bonchev–Trinajstić information content (AvgIpc) is 3.19. The van der Waals surface area contributed by atoms with Gasteiger partial charge in [0.25, 0.3) is 5.91 Å². The maximum absolute atomic E-state index is 12.3. The standard InChI is InChI=1S/C16H14N2O2S2/c1-20-9-11-4-2-5-12(8-11)17-15(19)13-10-22-16(18-13)14-6-3-7-21-14/h2-8,10H,9H2,1H3,(H,17,19). The summed E-state index contributed by atoms with van der Waals surface area (Å²) in [7, 11) is 1.65. The summed E-state index contributed by atoms with van der Waals surface area (Å²) in [6.07, 6.45) is 0. The zero-order valence-electron chi connectivity index (χ0n) is 11.9. The first-order valence-electron chi connectivity index (χ1n) is 6.65. The van der Waals surface area contributed by atoms with Crippen LogP contribution in [-0.4, -0.2) is 18.0 Å². The molecule has 0 spiro atoms. The van der Waals surface area contributed by atoms with Crippen molar-refractivity contribution in [2.75, 3.05) is 12.4 Å². The van der Waals surface area contributed by atoms with Crippen LogP contribution < -0.4 is 5.32 Å². The highest BCUT2D eigenvalue weighted by Gasteiger charge is 2.12. The van der Waals surface area contributed by atoms with Crippen molar-refractivity contribution < 1.29 is 9.53 Å². The third-order valence-corrected chi connectivity index (χ3v) is 4.85. The molecular weight excluding hydrogens is 316 g/mol. The molecule has 0 unspecified atom stereocenters. The minimum absolute atomic E-state index is 0.200. The predicted octanol–water partition coefficient (Wildman–Crippen LogP) is 4.27. The van der Waals surface area contributed by atoms with E-state index in [2.05, 4.69) is 10.3 Å². The summed E-state index contributed by atoms with van der Waals surface area (Å²) in [5, 5.41) is 7.52. The van der Waals surface area contributed by atoms with E-state index in [0.717, 1.165) is 21.1 Å². The Hall–Kier alpha value is -2.02. The number of methoxy groups -OCH3 is 1. The van der Waals surface area contributed by atoms with E-state index in [4.69, 9.17) is 4.74 Å². The number of amides is 1. The fourth-order valence-electron chi connectivity index (χ4n) is 1.99. The van der Waals surface area contributed by atoms with Crippen LogP contribution in [0.1, 0.15) is 16.1 Å². The topological polar surface area (TPSA) is 51.2 Å². The minimum atomic E-state index is -0.200. The minimum Gasteiger partial charge on any atom is -0.380 e. The highest BCUT2D eigenvalue weighted by Crippen LogP contribution is 2.28. The monoisotopic (exact) mass is 330 g/mol. The fraction of sp³-hybridized carbons (Fsp3) is 0.125. The number of thiazole rings is 1. The van der Waals surface area contributed by atoms with Crippen molar-refractivity contribution >= 4 is 34.3 Å². The molecule has 0 bridgehead atoms. The van der Waals surface area contributed by atoms with E-state index in [1.165, 1.54) is 11.3 Å². The van der Waals surface area contributed by atoms with E-state index in [-0.39, 0.29) is 5.91 Å². The molecule has 1 amide bonds. The number of carbonyl (C=O) groups excluding carboxylic acids is 1. The number of nitrogens with zero attached hydrogens (tertiary/aromatic N) is 1. The highest BCUT2D eigenvalue weighted by molar-refractivity contribution is 7.20. The van der Waals surface area contributed by atoms with Gasteiger partial charge in [-0.1, -0.05) is 18.2 Å². The second-order valence-electron chi connectivity index (χ2n) is 4.60. The summed E-state index contributed by atoms with van der Waals surface area (Å²) in [5.74, 6) is -0.200. The van der Waals surface area contributed by atoms with Gasteiger partial charge in [0.05, 0.1) is 11.5 Å². The number of aromatic nitrogens is 1. The van der Waals surface area contributed by atoms with Crippen molar-refractivity contribution in [2.45, 2.75) is 6.61 Å². The van der Waals surface area contributed by atoms with E-state index in [1.54, 1.807) is 23.8 Å². The first kappa shape index (κ1) is 14.9. The third-order valence-electron chi connectivity index (χ3n) is 2.96. The van der Waals surface area contributed by atoms with Gasteiger partial charge in [-0.05, 0) is 29.1 Å². The maximum Gasteiger partial charge on any atom is 0.275 e. The number of thiophene rings is 1. The van der Waals surface area contributed by atoms with Crippen molar-refractivity contribution in [2.24, 2.45) is 0 Å². The molecule has 0 aliphatic carbocycles. The van der Waals surface area contributed by atoms with E-state index < -0.39 is 0 Å². The van der Waals surface area contributed by atoms with Gasteiger partial charge in [-0.2, -0.15) is 0 Å². The Morgan fingerprint density at radius 3 is 2.95 bits per heavy atom. The van der Waals surface area contributed by atoms with Gasteiger partial charge in [0.15, 0.2) is 0 Å². The zero-order chi connectivity index (χ0) is 15.4. The van der Waals surface area contributed by atoms with Gasteiger partial charge in [-0.15, -0.1) is 22.7 Å². The first-order valence-corrected chi connectivity index (χ1v) is 8.41. The molecule has 0 atom stereocenters. The lowest BCUT2D eigenvalue weighted by atomic mass is 10.2. The lowest BCUT2D eigenvalue weighted by Gasteiger charge is -2.05. The summed E-state index contributed by atoms with van der Waals surface area (Å²) in [6, 6.07) is 11.6. The Balaban J connectivity index is 1.73. The molecule has 0 fully saturated rings. The Morgan fingerprint density at radius 2 is 2.18 bits per heavy atom. The Labute approximate surface area is 136 Å². The van der Waals surface area contributed by atoms with Crippen LogP contribution in [-0.2, 0) is 11.3 Å². The molecule has 3 rings (SSSR count). The van der Waals surface area contributed by atoms with Crippen LogP contribution in [0.2, 0.25) is 0 Å². The number of benzene rings is 1. The number of nitrogens with one attached hydrogen (secondary N) is 1. The maximum atomic E-state index is 12.3. The largest absolute Gasteiger partial charge is 0.380 e. The smallest absolute Gasteiger partial charge is 0.275 e. The summed E-state index contributed by atoms with van der Waals surface area (Å²) >= 11 is 3.09. The number of hydrogen-bond acceptors (Lipinski definition) is 5. The number of anilines is 1. The molecule has 112 valence electrons. The van der Waals surface area contributed by atoms with Crippen LogP contribution in [0.15, 0.2) is 47.2 Å². The van der Waals surface area contributed by atoms with Crippen molar-refractivity contribution in [1.29, 1.82) is 0 Å². The van der Waals surface area contributed by atoms with E-state index in [0.29, 0.717) is 12.3 Å². The number of ether oxygens (including phenoxy) is 1. The molecule has 0 radical (unpaired) electrons. The molecule has 0 saturated carbocycles. The van der Waals surface area contributed by atoms with Crippen LogP contribution in [0.5, 0.6) is 0 Å². The van der Waals surface area contributed by atoms with E-state index in [9.17, 15) is 4.79 Å². The summed E-state index contributed by atoms with van der Waals surface area (Å²) < 4.78 is 5.09. The quantitative estimate of drug-likeness (QED) is 0.760. The second kappa shape index (κ2) is 6.83. The van der Waals surface area contributed by atoms with Gasteiger partial charge >= 0.3 is 0 Å². The SMILES string of the molecule is COCc1cccc(NC(=O)c2csc(-c3cccs3)n2)c1. The Morgan fingerprint density at radius 1 is 1.27 bits per heavy atom. The highest BCUT2D eigenvalue weighted by atomic mass is 32.1. The van der Waals surface area contributed by atoms with Gasteiger partial charge < -0.3 is 10.1 Å². The zero-order valence-corrected chi connectivity index (χ0v) is 13.5. The molecular formula is C16H14N2O2S2. The Kier molecular flexibility index (Phi) is 4.62. The van der Waals surface area contributed by atoms with Crippen molar-refractivity contribution in [1.82, 2.24) is 4.98 Å². The molecule has 0 aliphatic heterocycles. The summed E-state index contributed by atoms with van der Waals surface area (Å²) in [6.45, 7) is 0.517. The van der Waals surface area contributed by atoms with Crippen molar-refractivity contribution in [3.63, 3.8) is 0 Å². The van der Waals surface area contributed by atoms with Gasteiger partial charge in [0, 0.05) is 18.2 Å². The second-order valence-corrected chi connectivity index (χ2v) is 6.41. The molecule has 2 heterocycles. The summed E-state index contributed by atoms with van der Waals surface area (Å²) in [5.41, 5.74) is 2.19. The average molecular weight is 330 g/mol. The van der Waals surface area contributed by atoms with E-state index in [1.807, 2.05) is 41.8 Å². The van der Waals surface area contributed by atoms with Gasteiger partial charge in [-0.25, -0.2) is 4.98 Å². The molecule has 1 N–H and O–H groups in total. The predicted molar refractivity (Wildman–Crippen MR) is 90.5 cm³/mol. The summed E-state index contributed by atoms with van der Waals surface area (Å²) in [4.78, 5) is 17.7. The molecule has 2 aromatic heterocycles. The first-order chi connectivity index (χ1) is 10.8. The molecule has 4 nitrogen and oxygen atoms in total. The van der Waals surface area contributed by atoms with Crippen molar-refractivity contribution in [3.8, 4) is 9.88 Å². The lowest BCUT2D eigenvalue weighted by molar-refractivity contribution is 0.102. The van der Waals surface area contributed by atoms with E-state index >= 15 is 0 Å². The molecule has 22 heavy (non-hydrogen) atoms. The normalized spacial score (nSPS) is 10.6. The van der Waals surface area contributed by atoms with Crippen LogP contribution in [0.4, 0.5) is 5.69 Å². The number of hydrogen-bond donors (Lipinski definition) is 1. The van der Waals surface area contributed by atoms with Crippen molar-refractivity contribution in [3.05, 3.63) is 58.4 Å². The van der Waals surface area contributed by atoms with Crippen LogP contribution in [0, 0.1) is 0 Å². The Bertz CT molecular complexity index is 766. The number of carbonyl (C=O) groups is 1. The molecule has 1 aromatic carbocycles. The third kappa shape index (κ3) is 3.41. The van der Waals surface area contributed by atoms with Crippen LogP contribution >= 0.6 is 22.7 Å². The molecule has 3 aromatic rings.